The van der Waals surface area contributed by atoms with Crippen LogP contribution < -0.4 is 11.3 Å². The predicted octanol–water partition coefficient (Wildman–Crippen LogP) is 6.99. The van der Waals surface area contributed by atoms with Gasteiger partial charge in [0.05, 0.1) is 5.56 Å². The van der Waals surface area contributed by atoms with Gasteiger partial charge in [0.25, 0.3) is 5.56 Å². The first-order valence-corrected chi connectivity index (χ1v) is 13.0. The molecule has 3 unspecified atom stereocenters. The van der Waals surface area contributed by atoms with E-state index in [4.69, 9.17) is 11.1 Å². The Hall–Kier alpha value is -3.13. The van der Waals surface area contributed by atoms with Crippen LogP contribution >= 0.6 is 0 Å². The lowest BCUT2D eigenvalue weighted by Crippen LogP contribution is -2.46. The van der Waals surface area contributed by atoms with E-state index in [0.29, 0.717) is 27.6 Å². The fourth-order valence-corrected chi connectivity index (χ4v) is 5.77. The third-order valence-corrected chi connectivity index (χ3v) is 7.62. The van der Waals surface area contributed by atoms with Crippen molar-refractivity contribution >= 4 is 16.7 Å². The van der Waals surface area contributed by atoms with Crippen molar-refractivity contribution in [3.63, 3.8) is 0 Å². The highest BCUT2D eigenvalue weighted by molar-refractivity contribution is 5.96. The number of aromatic amines is 1. The number of rotatable bonds is 7. The molecule has 0 spiro atoms. The molecule has 4 rings (SSSR count). The number of amidine groups is 1. The summed E-state index contributed by atoms with van der Waals surface area (Å²) in [5, 5.41) is 8.36. The van der Waals surface area contributed by atoms with Gasteiger partial charge in [0.15, 0.2) is 0 Å². The molecule has 37 heavy (non-hydrogen) atoms. The number of likely N-dealkylation sites (tertiary alicyclic amines) is 1. The SMILES string of the molecule is CCCCC(c1cc(C(F)(F)F)cc2[nH]c(=O)c(-c3cccc(C(=N)N)c3)cc12)N1C(C)CCCC1C. The van der Waals surface area contributed by atoms with Gasteiger partial charge in [0.1, 0.15) is 5.84 Å². The molecule has 0 aliphatic carbocycles. The topological polar surface area (TPSA) is 86.0 Å². The molecule has 3 aromatic rings. The second-order valence-corrected chi connectivity index (χ2v) is 10.3. The number of halogens is 3. The summed E-state index contributed by atoms with van der Waals surface area (Å²) in [5.41, 5.74) is 6.56. The van der Waals surface area contributed by atoms with E-state index in [1.807, 2.05) is 0 Å². The normalized spacial score (nSPS) is 19.7. The maximum Gasteiger partial charge on any atom is 0.416 e. The lowest BCUT2D eigenvalue weighted by Gasteiger charge is -2.45. The van der Waals surface area contributed by atoms with E-state index in [9.17, 15) is 18.0 Å². The standard InChI is InChI=1S/C29H35F3N4O/c1-4-5-12-26(36-17(2)8-6-9-18(36)3)24-14-21(29(30,31)32)15-25-23(24)16-22(28(37)35-25)19-10-7-11-20(13-19)27(33)34/h7,10-11,13-18,26H,4-6,8-9,12H2,1-3H3,(H3,33,34)(H,35,37). The van der Waals surface area contributed by atoms with Gasteiger partial charge in [-0.05, 0) is 68.5 Å². The first kappa shape index (κ1) is 26.9. The van der Waals surface area contributed by atoms with Crippen LogP contribution in [0.2, 0.25) is 0 Å². The van der Waals surface area contributed by atoms with E-state index in [1.165, 1.54) is 6.07 Å². The molecule has 1 saturated heterocycles. The number of nitrogen functional groups attached to an aromatic ring is 1. The minimum Gasteiger partial charge on any atom is -0.384 e. The van der Waals surface area contributed by atoms with Crippen LogP contribution in [0.4, 0.5) is 13.2 Å². The van der Waals surface area contributed by atoms with E-state index in [2.05, 4.69) is 30.7 Å². The summed E-state index contributed by atoms with van der Waals surface area (Å²) < 4.78 is 42.1. The maximum atomic E-state index is 14.0. The number of piperidine rings is 1. The Morgan fingerprint density at radius 1 is 1.16 bits per heavy atom. The zero-order chi connectivity index (χ0) is 26.9. The van der Waals surface area contributed by atoms with Crippen LogP contribution in [0.1, 0.15) is 82.0 Å². The smallest absolute Gasteiger partial charge is 0.384 e. The minimum atomic E-state index is -4.54. The molecule has 0 amide bonds. The number of nitrogens with one attached hydrogen (secondary N) is 2. The molecule has 0 radical (unpaired) electrons. The van der Waals surface area contributed by atoms with Crippen LogP contribution in [0.3, 0.4) is 0 Å². The fraction of sp³-hybridized carbons (Fsp3) is 0.448. The summed E-state index contributed by atoms with van der Waals surface area (Å²) in [5.74, 6) is -0.123. The Morgan fingerprint density at radius 2 is 1.86 bits per heavy atom. The van der Waals surface area contributed by atoms with Gasteiger partial charge in [0.2, 0.25) is 0 Å². The van der Waals surface area contributed by atoms with Crippen molar-refractivity contribution in [3.8, 4) is 11.1 Å². The predicted molar refractivity (Wildman–Crippen MR) is 143 cm³/mol. The number of benzene rings is 2. The molecule has 198 valence electrons. The van der Waals surface area contributed by atoms with Gasteiger partial charge in [-0.1, -0.05) is 44.4 Å². The third-order valence-electron chi connectivity index (χ3n) is 7.62. The molecule has 1 fully saturated rings. The largest absolute Gasteiger partial charge is 0.416 e. The van der Waals surface area contributed by atoms with Crippen molar-refractivity contribution < 1.29 is 13.2 Å². The molecule has 1 aliphatic rings. The van der Waals surface area contributed by atoms with Crippen LogP contribution in [-0.2, 0) is 6.18 Å². The number of hydrogen-bond acceptors (Lipinski definition) is 3. The van der Waals surface area contributed by atoms with Crippen molar-refractivity contribution in [2.45, 2.75) is 83.6 Å². The number of nitrogens with zero attached hydrogens (tertiary/aromatic N) is 1. The molecule has 2 aromatic carbocycles. The van der Waals surface area contributed by atoms with Gasteiger partial charge in [-0.25, -0.2) is 0 Å². The number of unbranched alkanes of at least 4 members (excludes halogenated alkanes) is 1. The summed E-state index contributed by atoms with van der Waals surface area (Å²) in [6, 6.07) is 11.1. The van der Waals surface area contributed by atoms with Crippen LogP contribution in [0.5, 0.6) is 0 Å². The van der Waals surface area contributed by atoms with Crippen LogP contribution in [-0.4, -0.2) is 27.8 Å². The van der Waals surface area contributed by atoms with E-state index >= 15 is 0 Å². The monoisotopic (exact) mass is 512 g/mol. The van der Waals surface area contributed by atoms with Crippen molar-refractivity contribution in [2.24, 2.45) is 5.73 Å². The van der Waals surface area contributed by atoms with E-state index in [1.54, 1.807) is 30.3 Å². The highest BCUT2D eigenvalue weighted by atomic mass is 19.4. The van der Waals surface area contributed by atoms with Crippen LogP contribution in [0.15, 0.2) is 47.3 Å². The Labute approximate surface area is 215 Å². The summed E-state index contributed by atoms with van der Waals surface area (Å²) in [7, 11) is 0. The number of alkyl halides is 3. The van der Waals surface area contributed by atoms with Gasteiger partial charge < -0.3 is 10.7 Å². The molecule has 1 aromatic heterocycles. The zero-order valence-corrected chi connectivity index (χ0v) is 21.6. The van der Waals surface area contributed by atoms with Gasteiger partial charge in [-0.2, -0.15) is 13.2 Å². The first-order chi connectivity index (χ1) is 17.5. The van der Waals surface area contributed by atoms with Crippen molar-refractivity contribution in [3.05, 3.63) is 69.5 Å². The second-order valence-electron chi connectivity index (χ2n) is 10.3. The molecular weight excluding hydrogens is 477 g/mol. The Bertz CT molecular complexity index is 1340. The number of H-pyrrole nitrogens is 1. The van der Waals surface area contributed by atoms with Gasteiger partial charge in [-0.3, -0.25) is 15.1 Å². The first-order valence-electron chi connectivity index (χ1n) is 13.0. The van der Waals surface area contributed by atoms with Gasteiger partial charge in [-0.15, -0.1) is 0 Å². The maximum absolute atomic E-state index is 14.0. The Kier molecular flexibility index (Phi) is 7.78. The van der Waals surface area contributed by atoms with Gasteiger partial charge in [0, 0.05) is 40.2 Å². The van der Waals surface area contributed by atoms with Crippen molar-refractivity contribution in [1.29, 1.82) is 5.41 Å². The summed E-state index contributed by atoms with van der Waals surface area (Å²) in [6.07, 6.45) is 1.12. The molecule has 1 aliphatic heterocycles. The molecule has 8 heteroatoms. The molecular formula is C29H35F3N4O. The number of nitrogens with two attached hydrogens (primary N) is 1. The van der Waals surface area contributed by atoms with E-state index < -0.39 is 17.3 Å². The summed E-state index contributed by atoms with van der Waals surface area (Å²) in [6.45, 7) is 6.40. The third kappa shape index (κ3) is 5.59. The zero-order valence-electron chi connectivity index (χ0n) is 21.6. The Balaban J connectivity index is 1.99. The molecule has 4 N–H and O–H groups in total. The second kappa shape index (κ2) is 10.7. The number of aromatic nitrogens is 1. The van der Waals surface area contributed by atoms with Crippen LogP contribution in [0.25, 0.3) is 22.0 Å². The molecule has 5 nitrogen and oxygen atoms in total. The highest BCUT2D eigenvalue weighted by Gasteiger charge is 2.36. The molecule has 0 bridgehead atoms. The molecule has 0 saturated carbocycles. The van der Waals surface area contributed by atoms with Crippen LogP contribution in [0, 0.1) is 5.41 Å². The van der Waals surface area contributed by atoms with E-state index in [-0.39, 0.29) is 29.5 Å². The summed E-state index contributed by atoms with van der Waals surface area (Å²) in [4.78, 5) is 18.2. The number of fused-ring (bicyclic) bond motifs is 1. The average Bonchev–Trinajstić information content (AvgIpc) is 2.84. The fourth-order valence-electron chi connectivity index (χ4n) is 5.77. The molecule has 3 atom stereocenters. The number of pyridine rings is 1. The van der Waals surface area contributed by atoms with Crippen molar-refractivity contribution in [2.75, 3.05) is 0 Å². The minimum absolute atomic E-state index is 0.123. The molecule has 2 heterocycles. The lowest BCUT2D eigenvalue weighted by molar-refractivity contribution is -0.137. The Morgan fingerprint density at radius 3 is 2.49 bits per heavy atom. The van der Waals surface area contributed by atoms with Crippen molar-refractivity contribution in [1.82, 2.24) is 9.88 Å². The average molecular weight is 513 g/mol. The highest BCUT2D eigenvalue weighted by Crippen LogP contribution is 2.41. The summed E-state index contributed by atoms with van der Waals surface area (Å²) >= 11 is 0. The van der Waals surface area contributed by atoms with Gasteiger partial charge >= 0.3 is 6.18 Å². The van der Waals surface area contributed by atoms with E-state index in [0.717, 1.165) is 44.6 Å². The number of hydrogen-bond donors (Lipinski definition) is 3. The lowest BCUT2D eigenvalue weighted by atomic mass is 9.87. The quantitative estimate of drug-likeness (QED) is 0.235.